The van der Waals surface area contributed by atoms with Crippen LogP contribution in [0.3, 0.4) is 0 Å². The average molecular weight is 357 g/mol. The molecule has 5 nitrogen and oxygen atoms in total. The summed E-state index contributed by atoms with van der Waals surface area (Å²) in [6.45, 7) is 0. The zero-order valence-corrected chi connectivity index (χ0v) is 14.5. The largest absolute Gasteiger partial charge is 0.497 e. The van der Waals surface area contributed by atoms with Crippen LogP contribution >= 0.6 is 11.8 Å². The maximum atomic E-state index is 13.2. The van der Waals surface area contributed by atoms with Crippen molar-refractivity contribution in [1.82, 2.24) is 9.55 Å². The molecule has 1 aromatic heterocycles. The van der Waals surface area contributed by atoms with E-state index in [0.717, 1.165) is 0 Å². The van der Waals surface area contributed by atoms with Crippen molar-refractivity contribution in [2.75, 3.05) is 18.7 Å². The Balaban J connectivity index is 1.92. The lowest BCUT2D eigenvalue weighted by molar-refractivity contribution is 0.102. The molecule has 0 unspecified atom stereocenters. The Morgan fingerprint density at radius 1 is 1.16 bits per heavy atom. The van der Waals surface area contributed by atoms with Gasteiger partial charge in [-0.3, -0.25) is 9.36 Å². The number of methoxy groups -OCH3 is 1. The number of carbonyl (C=O) groups is 1. The third-order valence-corrected chi connectivity index (χ3v) is 4.23. The summed E-state index contributed by atoms with van der Waals surface area (Å²) in [4.78, 5) is 16.9. The topological polar surface area (TPSA) is 56.1 Å². The SMILES string of the molecule is COc1ccc(NC(=O)c2cnc(SC)n2-c2ccc(F)cc2)cc1. The Morgan fingerprint density at radius 2 is 1.84 bits per heavy atom. The summed E-state index contributed by atoms with van der Waals surface area (Å²) in [7, 11) is 1.58. The number of thioether (sulfide) groups is 1. The number of anilines is 1. The summed E-state index contributed by atoms with van der Waals surface area (Å²) in [6, 6.07) is 13.0. The van der Waals surface area contributed by atoms with Crippen molar-refractivity contribution in [1.29, 1.82) is 0 Å². The summed E-state index contributed by atoms with van der Waals surface area (Å²) < 4.78 is 20.0. The van der Waals surface area contributed by atoms with Crippen molar-refractivity contribution in [3.05, 3.63) is 66.2 Å². The Morgan fingerprint density at radius 3 is 2.44 bits per heavy atom. The molecule has 0 spiro atoms. The normalized spacial score (nSPS) is 10.5. The van der Waals surface area contributed by atoms with Gasteiger partial charge in [0.05, 0.1) is 13.3 Å². The van der Waals surface area contributed by atoms with Gasteiger partial charge >= 0.3 is 0 Å². The molecule has 0 saturated heterocycles. The van der Waals surface area contributed by atoms with E-state index in [1.165, 1.54) is 30.1 Å². The van der Waals surface area contributed by atoms with E-state index >= 15 is 0 Å². The molecule has 128 valence electrons. The fourth-order valence-electron chi connectivity index (χ4n) is 2.35. The quantitative estimate of drug-likeness (QED) is 0.702. The molecule has 0 aliphatic rings. The van der Waals surface area contributed by atoms with Gasteiger partial charge in [0.1, 0.15) is 17.3 Å². The summed E-state index contributed by atoms with van der Waals surface area (Å²) in [5, 5.41) is 3.47. The summed E-state index contributed by atoms with van der Waals surface area (Å²) in [5.41, 5.74) is 1.68. The molecule has 0 aliphatic carbocycles. The van der Waals surface area contributed by atoms with Crippen LogP contribution in [0.4, 0.5) is 10.1 Å². The number of amides is 1. The van der Waals surface area contributed by atoms with Crippen molar-refractivity contribution in [2.45, 2.75) is 5.16 Å². The second-order valence-electron chi connectivity index (χ2n) is 5.12. The number of aromatic nitrogens is 2. The van der Waals surface area contributed by atoms with E-state index in [9.17, 15) is 9.18 Å². The Kier molecular flexibility index (Phi) is 5.04. The van der Waals surface area contributed by atoms with Crippen LogP contribution in [0.5, 0.6) is 5.75 Å². The number of carbonyl (C=O) groups excluding carboxylic acids is 1. The van der Waals surface area contributed by atoms with Gasteiger partial charge in [0.2, 0.25) is 0 Å². The molecule has 0 radical (unpaired) electrons. The number of ether oxygens (including phenoxy) is 1. The highest BCUT2D eigenvalue weighted by Crippen LogP contribution is 2.23. The molecule has 1 heterocycles. The van der Waals surface area contributed by atoms with Gasteiger partial charge in [-0.05, 0) is 54.8 Å². The monoisotopic (exact) mass is 357 g/mol. The summed E-state index contributed by atoms with van der Waals surface area (Å²) in [6.07, 6.45) is 3.38. The van der Waals surface area contributed by atoms with Crippen molar-refractivity contribution in [2.24, 2.45) is 0 Å². The highest BCUT2D eigenvalue weighted by atomic mass is 32.2. The molecule has 0 saturated carbocycles. The maximum Gasteiger partial charge on any atom is 0.274 e. The molecular formula is C18H16FN3O2S. The molecule has 0 aliphatic heterocycles. The van der Waals surface area contributed by atoms with E-state index in [4.69, 9.17) is 4.74 Å². The van der Waals surface area contributed by atoms with Crippen LogP contribution in [0.15, 0.2) is 59.9 Å². The minimum atomic E-state index is -0.334. The first kappa shape index (κ1) is 17.0. The van der Waals surface area contributed by atoms with Crippen LogP contribution in [0, 0.1) is 5.82 Å². The molecule has 0 fully saturated rings. The predicted molar refractivity (Wildman–Crippen MR) is 96.3 cm³/mol. The predicted octanol–water partition coefficient (Wildman–Crippen LogP) is 3.99. The van der Waals surface area contributed by atoms with Gasteiger partial charge in [-0.15, -0.1) is 0 Å². The summed E-state index contributed by atoms with van der Waals surface area (Å²) in [5.74, 6) is 0.0696. The number of rotatable bonds is 5. The van der Waals surface area contributed by atoms with Gasteiger partial charge in [-0.1, -0.05) is 11.8 Å². The second-order valence-corrected chi connectivity index (χ2v) is 5.90. The van der Waals surface area contributed by atoms with Gasteiger partial charge < -0.3 is 10.1 Å². The molecule has 3 rings (SSSR count). The van der Waals surface area contributed by atoms with E-state index < -0.39 is 0 Å². The fourth-order valence-corrected chi connectivity index (χ4v) is 2.89. The zero-order chi connectivity index (χ0) is 17.8. The lowest BCUT2D eigenvalue weighted by Gasteiger charge is -2.11. The van der Waals surface area contributed by atoms with Crippen molar-refractivity contribution < 1.29 is 13.9 Å². The van der Waals surface area contributed by atoms with Crippen molar-refractivity contribution in [3.8, 4) is 11.4 Å². The molecule has 2 aromatic carbocycles. The number of hydrogen-bond acceptors (Lipinski definition) is 4. The van der Waals surface area contributed by atoms with Crippen molar-refractivity contribution in [3.63, 3.8) is 0 Å². The van der Waals surface area contributed by atoms with E-state index in [1.54, 1.807) is 48.1 Å². The third kappa shape index (κ3) is 3.66. The van der Waals surface area contributed by atoms with E-state index in [1.807, 2.05) is 6.26 Å². The average Bonchev–Trinajstić information content (AvgIpc) is 3.07. The van der Waals surface area contributed by atoms with Crippen LogP contribution in [-0.4, -0.2) is 28.8 Å². The number of nitrogens with one attached hydrogen (secondary N) is 1. The molecule has 0 bridgehead atoms. The van der Waals surface area contributed by atoms with Gasteiger partial charge in [-0.25, -0.2) is 9.37 Å². The molecule has 1 N–H and O–H groups in total. The number of nitrogens with zero attached hydrogens (tertiary/aromatic N) is 2. The smallest absolute Gasteiger partial charge is 0.274 e. The van der Waals surface area contributed by atoms with Gasteiger partial charge in [0.25, 0.3) is 5.91 Å². The molecule has 1 amide bonds. The van der Waals surface area contributed by atoms with Gasteiger partial charge in [-0.2, -0.15) is 0 Å². The van der Waals surface area contributed by atoms with Gasteiger partial charge in [0.15, 0.2) is 5.16 Å². The van der Waals surface area contributed by atoms with E-state index in [-0.39, 0.29) is 11.7 Å². The minimum Gasteiger partial charge on any atom is -0.497 e. The zero-order valence-electron chi connectivity index (χ0n) is 13.7. The van der Waals surface area contributed by atoms with Crippen LogP contribution in [0.2, 0.25) is 0 Å². The Bertz CT molecular complexity index is 876. The van der Waals surface area contributed by atoms with Crippen LogP contribution < -0.4 is 10.1 Å². The highest BCUT2D eigenvalue weighted by Gasteiger charge is 2.18. The number of hydrogen-bond donors (Lipinski definition) is 1. The first-order chi connectivity index (χ1) is 12.1. The molecular weight excluding hydrogens is 341 g/mol. The van der Waals surface area contributed by atoms with Crippen molar-refractivity contribution >= 4 is 23.4 Å². The molecule has 25 heavy (non-hydrogen) atoms. The summed E-state index contributed by atoms with van der Waals surface area (Å²) >= 11 is 1.41. The number of halogens is 1. The van der Waals surface area contributed by atoms with Crippen LogP contribution in [0.25, 0.3) is 5.69 Å². The number of imidazole rings is 1. The first-order valence-corrected chi connectivity index (χ1v) is 8.68. The minimum absolute atomic E-state index is 0.303. The lowest BCUT2D eigenvalue weighted by Crippen LogP contribution is -2.16. The van der Waals surface area contributed by atoms with E-state index in [2.05, 4.69) is 10.3 Å². The number of benzene rings is 2. The van der Waals surface area contributed by atoms with E-state index in [0.29, 0.717) is 28.0 Å². The Hall–Kier alpha value is -2.80. The standard InChI is InChI=1S/C18H16FN3O2S/c1-24-15-9-5-13(6-10-15)21-17(23)16-11-20-18(25-2)22(16)14-7-3-12(19)4-8-14/h3-11H,1-2H3,(H,21,23). The van der Waals surface area contributed by atoms with Gasteiger partial charge in [0, 0.05) is 11.4 Å². The maximum absolute atomic E-state index is 13.2. The fraction of sp³-hybridized carbons (Fsp3) is 0.111. The molecule has 7 heteroatoms. The Labute approximate surface area is 148 Å². The molecule has 0 atom stereocenters. The van der Waals surface area contributed by atoms with Crippen LogP contribution in [-0.2, 0) is 0 Å². The third-order valence-electron chi connectivity index (χ3n) is 3.58. The lowest BCUT2D eigenvalue weighted by atomic mass is 10.2. The van der Waals surface area contributed by atoms with Crippen LogP contribution in [0.1, 0.15) is 10.5 Å². The second kappa shape index (κ2) is 7.40. The first-order valence-electron chi connectivity index (χ1n) is 7.45. The molecule has 3 aromatic rings. The highest BCUT2D eigenvalue weighted by molar-refractivity contribution is 7.98.